The number of anilines is 1. The molecule has 25 heavy (non-hydrogen) atoms. The number of amides is 1. The summed E-state index contributed by atoms with van der Waals surface area (Å²) in [6, 6.07) is 13.3. The summed E-state index contributed by atoms with van der Waals surface area (Å²) in [5.41, 5.74) is 0.693. The number of hydrogen-bond donors (Lipinski definition) is 1. The lowest BCUT2D eigenvalue weighted by Gasteiger charge is -2.08. The van der Waals surface area contributed by atoms with Crippen LogP contribution in [0.15, 0.2) is 56.3 Å². The standard InChI is InChI=1S/C16H12N4O2S3/c17-7-9-24-12-5-2-1-4-11(12)18-14(21)10-25-16-20-19-15(22-16)13-6-3-8-23-13/h1-6,8H,9-10H2,(H,18,21). The van der Waals surface area contributed by atoms with Gasteiger partial charge in [0.1, 0.15) is 0 Å². The van der Waals surface area contributed by atoms with Crippen molar-refractivity contribution in [3.05, 3.63) is 41.8 Å². The molecule has 0 bridgehead atoms. The molecule has 6 nitrogen and oxygen atoms in total. The molecule has 1 amide bonds. The summed E-state index contributed by atoms with van der Waals surface area (Å²) in [6.45, 7) is 0. The van der Waals surface area contributed by atoms with Crippen LogP contribution < -0.4 is 5.32 Å². The van der Waals surface area contributed by atoms with Crippen molar-refractivity contribution in [2.75, 3.05) is 16.8 Å². The van der Waals surface area contributed by atoms with E-state index in [0.717, 1.165) is 9.77 Å². The molecule has 0 aliphatic heterocycles. The maximum absolute atomic E-state index is 12.2. The van der Waals surface area contributed by atoms with E-state index in [1.165, 1.54) is 34.9 Å². The summed E-state index contributed by atoms with van der Waals surface area (Å²) in [5.74, 6) is 0.764. The summed E-state index contributed by atoms with van der Waals surface area (Å²) < 4.78 is 5.54. The van der Waals surface area contributed by atoms with Crippen molar-refractivity contribution in [3.8, 4) is 16.8 Å². The van der Waals surface area contributed by atoms with Crippen LogP contribution in [0.25, 0.3) is 10.8 Å². The molecule has 1 aromatic carbocycles. The molecule has 1 N–H and O–H groups in total. The third kappa shape index (κ3) is 4.85. The normalized spacial score (nSPS) is 10.4. The number of carbonyl (C=O) groups excluding carboxylic acids is 1. The number of rotatable bonds is 7. The van der Waals surface area contributed by atoms with Crippen LogP contribution in [0.5, 0.6) is 0 Å². The second kappa shape index (κ2) is 8.71. The molecule has 0 atom stereocenters. The number of nitrogens with one attached hydrogen (secondary N) is 1. The van der Waals surface area contributed by atoms with Gasteiger partial charge in [-0.05, 0) is 23.6 Å². The summed E-state index contributed by atoms with van der Waals surface area (Å²) in [6.07, 6.45) is 0. The average molecular weight is 388 g/mol. The van der Waals surface area contributed by atoms with Crippen LogP contribution in [0, 0.1) is 11.3 Å². The fourth-order valence-corrected chi connectivity index (χ4v) is 3.76. The lowest BCUT2D eigenvalue weighted by atomic mass is 10.3. The topological polar surface area (TPSA) is 91.8 Å². The van der Waals surface area contributed by atoms with E-state index in [1.807, 2.05) is 41.8 Å². The van der Waals surface area contributed by atoms with Gasteiger partial charge in [-0.15, -0.1) is 33.3 Å². The predicted octanol–water partition coefficient (Wildman–Crippen LogP) is 4.14. The second-order valence-electron chi connectivity index (χ2n) is 4.63. The molecule has 2 aromatic heterocycles. The van der Waals surface area contributed by atoms with Crippen molar-refractivity contribution < 1.29 is 9.21 Å². The van der Waals surface area contributed by atoms with Crippen molar-refractivity contribution >= 4 is 46.5 Å². The number of benzene rings is 1. The van der Waals surface area contributed by atoms with Crippen molar-refractivity contribution in [2.24, 2.45) is 0 Å². The molecule has 0 aliphatic rings. The highest BCUT2D eigenvalue weighted by molar-refractivity contribution is 8.00. The Bertz CT molecular complexity index is 887. The minimum absolute atomic E-state index is 0.156. The van der Waals surface area contributed by atoms with Crippen molar-refractivity contribution in [3.63, 3.8) is 0 Å². The fourth-order valence-electron chi connectivity index (χ4n) is 1.89. The summed E-state index contributed by atoms with van der Waals surface area (Å²) in [7, 11) is 0. The van der Waals surface area contributed by atoms with Gasteiger partial charge in [0, 0.05) is 4.90 Å². The number of carbonyl (C=O) groups is 1. The molecule has 2 heterocycles. The van der Waals surface area contributed by atoms with E-state index in [4.69, 9.17) is 9.68 Å². The lowest BCUT2D eigenvalue weighted by molar-refractivity contribution is -0.113. The van der Waals surface area contributed by atoms with Gasteiger partial charge in [0.15, 0.2) is 0 Å². The van der Waals surface area contributed by atoms with Gasteiger partial charge in [0.25, 0.3) is 11.1 Å². The zero-order chi connectivity index (χ0) is 17.5. The first-order valence-corrected chi connectivity index (χ1v) is 10.00. The smallest absolute Gasteiger partial charge is 0.277 e. The monoisotopic (exact) mass is 388 g/mol. The van der Waals surface area contributed by atoms with Crippen molar-refractivity contribution in [1.29, 1.82) is 5.26 Å². The lowest BCUT2D eigenvalue weighted by Crippen LogP contribution is -2.14. The van der Waals surface area contributed by atoms with Crippen LogP contribution in [0.3, 0.4) is 0 Å². The van der Waals surface area contributed by atoms with Crippen LogP contribution in [0.1, 0.15) is 0 Å². The van der Waals surface area contributed by atoms with Gasteiger partial charge in [-0.2, -0.15) is 5.26 Å². The first-order chi connectivity index (χ1) is 12.3. The second-order valence-corrected chi connectivity index (χ2v) is 7.52. The van der Waals surface area contributed by atoms with Gasteiger partial charge in [-0.25, -0.2) is 0 Å². The zero-order valence-electron chi connectivity index (χ0n) is 12.8. The summed E-state index contributed by atoms with van der Waals surface area (Å²) >= 11 is 4.08. The molecule has 3 rings (SSSR count). The third-order valence-corrected chi connectivity index (χ3v) is 5.54. The van der Waals surface area contributed by atoms with Gasteiger partial charge in [0.05, 0.1) is 28.1 Å². The molecule has 0 saturated carbocycles. The molecule has 9 heteroatoms. The molecule has 0 unspecified atom stereocenters. The summed E-state index contributed by atoms with van der Waals surface area (Å²) in [5, 5.41) is 21.7. The van der Waals surface area contributed by atoms with Gasteiger partial charge < -0.3 is 9.73 Å². The summed E-state index contributed by atoms with van der Waals surface area (Å²) in [4.78, 5) is 13.9. The molecule has 0 aliphatic carbocycles. The molecular formula is C16H12N4O2S3. The molecule has 0 radical (unpaired) electrons. The fraction of sp³-hybridized carbons (Fsp3) is 0.125. The van der Waals surface area contributed by atoms with Crippen LogP contribution in [-0.4, -0.2) is 27.6 Å². The van der Waals surface area contributed by atoms with Gasteiger partial charge in [-0.1, -0.05) is 30.0 Å². The highest BCUT2D eigenvalue weighted by Crippen LogP contribution is 2.28. The Morgan fingerprint density at radius 2 is 2.12 bits per heavy atom. The Balaban J connectivity index is 1.56. The van der Waals surface area contributed by atoms with E-state index >= 15 is 0 Å². The van der Waals surface area contributed by atoms with Crippen LogP contribution >= 0.6 is 34.9 Å². The molecule has 126 valence electrons. The molecular weight excluding hydrogens is 376 g/mol. The van der Waals surface area contributed by atoms with Gasteiger partial charge in [0.2, 0.25) is 5.91 Å². The number of aromatic nitrogens is 2. The molecule has 0 saturated heterocycles. The first kappa shape index (κ1) is 17.5. The Morgan fingerprint density at radius 1 is 1.24 bits per heavy atom. The number of thiophene rings is 1. The zero-order valence-corrected chi connectivity index (χ0v) is 15.3. The average Bonchev–Trinajstić information content (AvgIpc) is 3.30. The Kier molecular flexibility index (Phi) is 6.11. The molecule has 0 spiro atoms. The first-order valence-electron chi connectivity index (χ1n) is 7.15. The van der Waals surface area contributed by atoms with Crippen molar-refractivity contribution in [1.82, 2.24) is 10.2 Å². The highest BCUT2D eigenvalue weighted by atomic mass is 32.2. The van der Waals surface area contributed by atoms with Crippen molar-refractivity contribution in [2.45, 2.75) is 10.1 Å². The van der Waals surface area contributed by atoms with Gasteiger partial charge >= 0.3 is 0 Å². The predicted molar refractivity (Wildman–Crippen MR) is 99.7 cm³/mol. The number of nitrogens with zero attached hydrogens (tertiary/aromatic N) is 3. The number of hydrogen-bond acceptors (Lipinski definition) is 8. The van der Waals surface area contributed by atoms with E-state index in [0.29, 0.717) is 22.6 Å². The van der Waals surface area contributed by atoms with E-state index in [9.17, 15) is 4.79 Å². The van der Waals surface area contributed by atoms with Gasteiger partial charge in [-0.3, -0.25) is 4.79 Å². The number of nitriles is 1. The largest absolute Gasteiger partial charge is 0.410 e. The minimum atomic E-state index is -0.175. The van der Waals surface area contributed by atoms with Crippen LogP contribution in [0.4, 0.5) is 5.69 Å². The van der Waals surface area contributed by atoms with E-state index in [2.05, 4.69) is 21.6 Å². The number of para-hydroxylation sites is 1. The maximum Gasteiger partial charge on any atom is 0.277 e. The van der Waals surface area contributed by atoms with E-state index < -0.39 is 0 Å². The molecule has 0 fully saturated rings. The van der Waals surface area contributed by atoms with Crippen LogP contribution in [0.2, 0.25) is 0 Å². The quantitative estimate of drug-likeness (QED) is 0.608. The number of thioether (sulfide) groups is 2. The van der Waals surface area contributed by atoms with Crippen LogP contribution in [-0.2, 0) is 4.79 Å². The minimum Gasteiger partial charge on any atom is -0.410 e. The SMILES string of the molecule is N#CCSc1ccccc1NC(=O)CSc1nnc(-c2cccs2)o1. The van der Waals surface area contributed by atoms with E-state index in [1.54, 1.807) is 0 Å². The Labute approximate surface area is 156 Å². The highest BCUT2D eigenvalue weighted by Gasteiger charge is 2.13. The Morgan fingerprint density at radius 3 is 2.92 bits per heavy atom. The third-order valence-electron chi connectivity index (χ3n) is 2.92. The Hall–Kier alpha value is -2.28. The maximum atomic E-state index is 12.2. The molecule has 3 aromatic rings. The van der Waals surface area contributed by atoms with E-state index in [-0.39, 0.29) is 11.7 Å².